The van der Waals surface area contributed by atoms with Crippen molar-refractivity contribution in [2.24, 2.45) is 0 Å². The molecule has 0 aliphatic heterocycles. The first-order chi connectivity index (χ1) is 8.69. The summed E-state index contributed by atoms with van der Waals surface area (Å²) in [6.45, 7) is 5.49. The van der Waals surface area contributed by atoms with Gasteiger partial charge < -0.3 is 5.32 Å². The molecule has 0 aliphatic rings. The first-order valence-corrected chi connectivity index (χ1v) is 8.68. The third-order valence-corrected chi connectivity index (χ3v) is 6.00. The second-order valence-corrected chi connectivity index (χ2v) is 8.04. The van der Waals surface area contributed by atoms with E-state index in [1.165, 1.54) is 18.4 Å². The van der Waals surface area contributed by atoms with E-state index in [9.17, 15) is 0 Å². The highest BCUT2D eigenvalue weighted by molar-refractivity contribution is 9.11. The monoisotopic (exact) mass is 343 g/mol. The molecular weight excluding hydrogens is 326 g/mol. The maximum atomic E-state index is 3.60. The van der Waals surface area contributed by atoms with Gasteiger partial charge in [0.1, 0.15) is 0 Å². The number of thiophene rings is 2. The molecule has 0 saturated carbocycles. The van der Waals surface area contributed by atoms with E-state index < -0.39 is 0 Å². The van der Waals surface area contributed by atoms with Crippen molar-refractivity contribution in [2.45, 2.75) is 32.7 Å². The van der Waals surface area contributed by atoms with E-state index in [4.69, 9.17) is 0 Å². The quantitative estimate of drug-likeness (QED) is 0.775. The molecule has 1 nitrogen and oxygen atoms in total. The van der Waals surface area contributed by atoms with Gasteiger partial charge in [-0.3, -0.25) is 0 Å². The van der Waals surface area contributed by atoms with E-state index in [0.717, 1.165) is 19.4 Å². The van der Waals surface area contributed by atoms with E-state index in [2.05, 4.69) is 59.4 Å². The molecule has 0 amide bonds. The average Bonchev–Trinajstić information content (AvgIpc) is 2.98. The molecule has 0 spiro atoms. The largest absolute Gasteiger partial charge is 0.309 e. The van der Waals surface area contributed by atoms with Crippen LogP contribution in [0, 0.1) is 0 Å². The maximum Gasteiger partial charge on any atom is 0.0701 e. The zero-order valence-corrected chi connectivity index (χ0v) is 13.9. The molecule has 0 saturated heterocycles. The van der Waals surface area contributed by atoms with Crippen LogP contribution in [0.4, 0.5) is 0 Å². The van der Waals surface area contributed by atoms with Gasteiger partial charge in [-0.25, -0.2) is 0 Å². The molecule has 4 heteroatoms. The summed E-state index contributed by atoms with van der Waals surface area (Å²) in [5.41, 5.74) is 0. The molecule has 98 valence electrons. The summed E-state index contributed by atoms with van der Waals surface area (Å²) < 4.78 is 1.22. The summed E-state index contributed by atoms with van der Waals surface area (Å²) in [6.07, 6.45) is 2.24. The Morgan fingerprint density at radius 3 is 2.56 bits per heavy atom. The Labute approximate surface area is 125 Å². The molecule has 1 atom stereocenters. The maximum absolute atomic E-state index is 3.60. The Bertz CT molecular complexity index is 489. The van der Waals surface area contributed by atoms with Crippen LogP contribution in [0.5, 0.6) is 0 Å². The van der Waals surface area contributed by atoms with Gasteiger partial charge in [-0.05, 0) is 60.0 Å². The SMILES string of the molecule is CCc1ccc(C(C)NCCc2ccc(Br)s2)s1. The highest BCUT2D eigenvalue weighted by atomic mass is 79.9. The van der Waals surface area contributed by atoms with Crippen LogP contribution in [0.2, 0.25) is 0 Å². The molecule has 2 heterocycles. The summed E-state index contributed by atoms with van der Waals surface area (Å²) in [7, 11) is 0. The molecule has 2 rings (SSSR count). The fourth-order valence-corrected chi connectivity index (χ4v) is 4.28. The summed E-state index contributed by atoms with van der Waals surface area (Å²) in [4.78, 5) is 4.35. The fourth-order valence-electron chi connectivity index (χ4n) is 1.82. The van der Waals surface area contributed by atoms with E-state index in [1.54, 1.807) is 0 Å². The van der Waals surface area contributed by atoms with Gasteiger partial charge in [-0.15, -0.1) is 22.7 Å². The van der Waals surface area contributed by atoms with Crippen LogP contribution in [0.15, 0.2) is 28.1 Å². The molecule has 18 heavy (non-hydrogen) atoms. The predicted octanol–water partition coefficient (Wildman–Crippen LogP) is 5.03. The number of hydrogen-bond donors (Lipinski definition) is 1. The Morgan fingerprint density at radius 2 is 1.94 bits per heavy atom. The molecule has 0 aromatic carbocycles. The van der Waals surface area contributed by atoms with Crippen LogP contribution in [0.1, 0.15) is 34.5 Å². The summed E-state index contributed by atoms with van der Waals surface area (Å²) in [5, 5.41) is 3.60. The van der Waals surface area contributed by atoms with Gasteiger partial charge in [-0.1, -0.05) is 6.92 Å². The minimum atomic E-state index is 0.457. The molecule has 2 aromatic rings. The van der Waals surface area contributed by atoms with Gasteiger partial charge in [0.2, 0.25) is 0 Å². The number of nitrogens with one attached hydrogen (secondary N) is 1. The van der Waals surface area contributed by atoms with Gasteiger partial charge >= 0.3 is 0 Å². The van der Waals surface area contributed by atoms with Crippen LogP contribution in [-0.4, -0.2) is 6.54 Å². The third-order valence-electron chi connectivity index (χ3n) is 2.91. The molecule has 1 N–H and O–H groups in total. The summed E-state index contributed by atoms with van der Waals surface area (Å²) in [6, 6.07) is 9.27. The minimum absolute atomic E-state index is 0.457. The molecule has 0 radical (unpaired) electrons. The van der Waals surface area contributed by atoms with Crippen LogP contribution in [-0.2, 0) is 12.8 Å². The van der Waals surface area contributed by atoms with Crippen molar-refractivity contribution in [1.82, 2.24) is 5.32 Å². The van der Waals surface area contributed by atoms with Crippen LogP contribution < -0.4 is 5.32 Å². The normalized spacial score (nSPS) is 12.8. The van der Waals surface area contributed by atoms with Crippen molar-refractivity contribution < 1.29 is 0 Å². The molecule has 0 aliphatic carbocycles. The zero-order valence-electron chi connectivity index (χ0n) is 10.7. The highest BCUT2D eigenvalue weighted by Gasteiger charge is 2.07. The van der Waals surface area contributed by atoms with Crippen molar-refractivity contribution in [2.75, 3.05) is 6.54 Å². The van der Waals surface area contributed by atoms with Gasteiger partial charge in [0.15, 0.2) is 0 Å². The van der Waals surface area contributed by atoms with Crippen molar-refractivity contribution in [3.05, 3.63) is 42.7 Å². The highest BCUT2D eigenvalue weighted by Crippen LogP contribution is 2.24. The lowest BCUT2D eigenvalue weighted by Crippen LogP contribution is -2.20. The lowest BCUT2D eigenvalue weighted by atomic mass is 10.2. The molecule has 0 fully saturated rings. The standard InChI is InChI=1S/C14H18BrNS2/c1-3-11-4-6-13(17-11)10(2)16-9-8-12-5-7-14(15)18-12/h4-7,10,16H,3,8-9H2,1-2H3. The van der Waals surface area contributed by atoms with Crippen molar-refractivity contribution in [3.63, 3.8) is 0 Å². The average molecular weight is 344 g/mol. The number of halogens is 1. The Balaban J connectivity index is 1.79. The molecular formula is C14H18BrNS2. The fraction of sp³-hybridized carbons (Fsp3) is 0.429. The van der Waals surface area contributed by atoms with Gasteiger partial charge in [-0.2, -0.15) is 0 Å². The topological polar surface area (TPSA) is 12.0 Å². The van der Waals surface area contributed by atoms with Crippen molar-refractivity contribution in [3.8, 4) is 0 Å². The first-order valence-electron chi connectivity index (χ1n) is 6.25. The molecule has 1 unspecified atom stereocenters. The molecule has 2 aromatic heterocycles. The van der Waals surface area contributed by atoms with E-state index in [-0.39, 0.29) is 0 Å². The van der Waals surface area contributed by atoms with E-state index in [1.807, 2.05) is 22.7 Å². The van der Waals surface area contributed by atoms with Gasteiger partial charge in [0.05, 0.1) is 3.79 Å². The second kappa shape index (κ2) is 6.85. The van der Waals surface area contributed by atoms with Crippen LogP contribution >= 0.6 is 38.6 Å². The lowest BCUT2D eigenvalue weighted by molar-refractivity contribution is 0.586. The van der Waals surface area contributed by atoms with Gasteiger partial charge in [0.25, 0.3) is 0 Å². The van der Waals surface area contributed by atoms with Gasteiger partial charge in [0, 0.05) is 27.2 Å². The van der Waals surface area contributed by atoms with E-state index in [0.29, 0.717) is 6.04 Å². The number of aryl methyl sites for hydroxylation is 1. The summed E-state index contributed by atoms with van der Waals surface area (Å²) in [5.74, 6) is 0. The third kappa shape index (κ3) is 3.92. The predicted molar refractivity (Wildman–Crippen MR) is 85.8 cm³/mol. The molecule has 0 bridgehead atoms. The number of hydrogen-bond acceptors (Lipinski definition) is 3. The Hall–Kier alpha value is -0.160. The zero-order chi connectivity index (χ0) is 13.0. The minimum Gasteiger partial charge on any atom is -0.309 e. The first kappa shape index (κ1) is 14.3. The Morgan fingerprint density at radius 1 is 1.17 bits per heavy atom. The van der Waals surface area contributed by atoms with Crippen molar-refractivity contribution >= 4 is 38.6 Å². The smallest absolute Gasteiger partial charge is 0.0701 e. The number of rotatable bonds is 6. The van der Waals surface area contributed by atoms with Crippen LogP contribution in [0.25, 0.3) is 0 Å². The second-order valence-electron chi connectivity index (χ2n) is 4.29. The van der Waals surface area contributed by atoms with E-state index >= 15 is 0 Å². The summed E-state index contributed by atoms with van der Waals surface area (Å²) >= 11 is 7.25. The van der Waals surface area contributed by atoms with Crippen LogP contribution in [0.3, 0.4) is 0 Å². The van der Waals surface area contributed by atoms with Crippen molar-refractivity contribution in [1.29, 1.82) is 0 Å². The lowest BCUT2D eigenvalue weighted by Gasteiger charge is -2.11. The Kier molecular flexibility index (Phi) is 5.42.